The minimum Gasteiger partial charge on any atom is -0.365 e. The standard InChI is InChI=1S/C14H22N2/c1-2-3-11-16(14(12-15)9-10-14)13-7-5-4-6-8-13/h4-8H,2-3,9-12,15H2,1H3. The lowest BCUT2D eigenvalue weighted by Gasteiger charge is -2.33. The summed E-state index contributed by atoms with van der Waals surface area (Å²) in [5, 5.41) is 0. The van der Waals surface area contributed by atoms with Crippen LogP contribution < -0.4 is 10.6 Å². The highest BCUT2D eigenvalue weighted by atomic mass is 15.2. The summed E-state index contributed by atoms with van der Waals surface area (Å²) in [5.74, 6) is 0. The van der Waals surface area contributed by atoms with Gasteiger partial charge in [-0.2, -0.15) is 0 Å². The number of para-hydroxylation sites is 1. The van der Waals surface area contributed by atoms with E-state index in [1.165, 1.54) is 31.4 Å². The van der Waals surface area contributed by atoms with E-state index in [1.807, 2.05) is 0 Å². The fourth-order valence-electron chi connectivity index (χ4n) is 2.29. The van der Waals surface area contributed by atoms with E-state index >= 15 is 0 Å². The molecule has 2 nitrogen and oxygen atoms in total. The van der Waals surface area contributed by atoms with Crippen LogP contribution in [-0.2, 0) is 0 Å². The molecule has 2 N–H and O–H groups in total. The molecule has 1 aliphatic rings. The smallest absolute Gasteiger partial charge is 0.0525 e. The molecule has 2 heteroatoms. The predicted octanol–water partition coefficient (Wildman–Crippen LogP) is 2.78. The first-order valence-electron chi connectivity index (χ1n) is 6.35. The van der Waals surface area contributed by atoms with E-state index in [0.717, 1.165) is 13.1 Å². The molecule has 1 fully saturated rings. The lowest BCUT2D eigenvalue weighted by atomic mass is 10.1. The summed E-state index contributed by atoms with van der Waals surface area (Å²) < 4.78 is 0. The highest BCUT2D eigenvalue weighted by Gasteiger charge is 2.46. The number of anilines is 1. The van der Waals surface area contributed by atoms with Crippen LogP contribution in [0.4, 0.5) is 5.69 Å². The van der Waals surface area contributed by atoms with E-state index in [4.69, 9.17) is 5.73 Å². The Balaban J connectivity index is 2.15. The van der Waals surface area contributed by atoms with Gasteiger partial charge in [-0.05, 0) is 31.4 Å². The van der Waals surface area contributed by atoms with Crippen LogP contribution >= 0.6 is 0 Å². The average molecular weight is 218 g/mol. The second-order valence-electron chi connectivity index (χ2n) is 4.77. The first kappa shape index (κ1) is 11.5. The van der Waals surface area contributed by atoms with E-state index in [9.17, 15) is 0 Å². The molecule has 1 aromatic rings. The van der Waals surface area contributed by atoms with E-state index in [1.54, 1.807) is 0 Å². The first-order valence-corrected chi connectivity index (χ1v) is 6.35. The molecule has 0 amide bonds. The number of benzene rings is 1. The molecule has 16 heavy (non-hydrogen) atoms. The van der Waals surface area contributed by atoms with Gasteiger partial charge in [0, 0.05) is 18.8 Å². The average Bonchev–Trinajstić information content (AvgIpc) is 3.12. The summed E-state index contributed by atoms with van der Waals surface area (Å²) in [6.07, 6.45) is 4.99. The number of rotatable bonds is 6. The van der Waals surface area contributed by atoms with Crippen LogP contribution in [0.15, 0.2) is 30.3 Å². The molecule has 0 unspecified atom stereocenters. The van der Waals surface area contributed by atoms with Crippen molar-refractivity contribution in [1.29, 1.82) is 0 Å². The van der Waals surface area contributed by atoms with Crippen molar-refractivity contribution in [2.75, 3.05) is 18.0 Å². The molecule has 1 saturated carbocycles. The minimum absolute atomic E-state index is 0.274. The molecule has 2 rings (SSSR count). The van der Waals surface area contributed by atoms with Gasteiger partial charge in [-0.15, -0.1) is 0 Å². The van der Waals surface area contributed by atoms with Crippen LogP contribution in [0.2, 0.25) is 0 Å². The normalized spacial score (nSPS) is 17.1. The highest BCUT2D eigenvalue weighted by Crippen LogP contribution is 2.43. The maximum Gasteiger partial charge on any atom is 0.0525 e. The SMILES string of the molecule is CCCCN(c1ccccc1)C1(CN)CC1. The maximum atomic E-state index is 5.94. The van der Waals surface area contributed by atoms with Gasteiger partial charge in [0.05, 0.1) is 5.54 Å². The molecular weight excluding hydrogens is 196 g/mol. The van der Waals surface area contributed by atoms with Crippen molar-refractivity contribution < 1.29 is 0 Å². The third-order valence-corrected chi connectivity index (χ3v) is 3.58. The summed E-state index contributed by atoms with van der Waals surface area (Å²) in [6.45, 7) is 4.16. The van der Waals surface area contributed by atoms with E-state index < -0.39 is 0 Å². The molecule has 0 atom stereocenters. The molecule has 0 bridgehead atoms. The fraction of sp³-hybridized carbons (Fsp3) is 0.571. The van der Waals surface area contributed by atoms with Crippen LogP contribution in [0.1, 0.15) is 32.6 Å². The zero-order chi connectivity index (χ0) is 11.4. The Labute approximate surface area is 98.4 Å². The maximum absolute atomic E-state index is 5.94. The monoisotopic (exact) mass is 218 g/mol. The Bertz CT molecular complexity index is 317. The van der Waals surface area contributed by atoms with Crippen LogP contribution in [0.25, 0.3) is 0 Å². The molecule has 0 radical (unpaired) electrons. The summed E-state index contributed by atoms with van der Waals surface area (Å²) >= 11 is 0. The van der Waals surface area contributed by atoms with Gasteiger partial charge in [-0.3, -0.25) is 0 Å². The van der Waals surface area contributed by atoms with Crippen molar-refractivity contribution in [3.05, 3.63) is 30.3 Å². The third kappa shape index (κ3) is 2.22. The molecule has 0 aliphatic heterocycles. The van der Waals surface area contributed by atoms with E-state index in [-0.39, 0.29) is 5.54 Å². The Morgan fingerprint density at radius 1 is 1.25 bits per heavy atom. The summed E-state index contributed by atoms with van der Waals surface area (Å²) in [7, 11) is 0. The second kappa shape index (κ2) is 4.88. The minimum atomic E-state index is 0.274. The van der Waals surface area contributed by atoms with Gasteiger partial charge >= 0.3 is 0 Å². The van der Waals surface area contributed by atoms with Crippen molar-refractivity contribution >= 4 is 5.69 Å². The van der Waals surface area contributed by atoms with Crippen LogP contribution in [-0.4, -0.2) is 18.6 Å². The van der Waals surface area contributed by atoms with Gasteiger partial charge in [0.1, 0.15) is 0 Å². The van der Waals surface area contributed by atoms with Crippen LogP contribution in [0.3, 0.4) is 0 Å². The van der Waals surface area contributed by atoms with Gasteiger partial charge in [-0.25, -0.2) is 0 Å². The van der Waals surface area contributed by atoms with E-state index in [2.05, 4.69) is 42.2 Å². The van der Waals surface area contributed by atoms with Gasteiger partial charge in [0.2, 0.25) is 0 Å². The van der Waals surface area contributed by atoms with Crippen LogP contribution in [0, 0.1) is 0 Å². The second-order valence-corrected chi connectivity index (χ2v) is 4.77. The van der Waals surface area contributed by atoms with Gasteiger partial charge in [-0.1, -0.05) is 31.5 Å². The molecule has 88 valence electrons. The number of unbranched alkanes of at least 4 members (excludes halogenated alkanes) is 1. The molecule has 1 aliphatic carbocycles. The molecule has 0 heterocycles. The molecule has 0 spiro atoms. The summed E-state index contributed by atoms with van der Waals surface area (Å²) in [4.78, 5) is 2.52. The number of hydrogen-bond acceptors (Lipinski definition) is 2. The number of nitrogens with zero attached hydrogens (tertiary/aromatic N) is 1. The first-order chi connectivity index (χ1) is 7.82. The largest absolute Gasteiger partial charge is 0.365 e. The lowest BCUT2D eigenvalue weighted by Crippen LogP contribution is -2.43. The zero-order valence-electron chi connectivity index (χ0n) is 10.2. The van der Waals surface area contributed by atoms with Crippen LogP contribution in [0.5, 0.6) is 0 Å². The highest BCUT2D eigenvalue weighted by molar-refractivity contribution is 5.51. The molecule has 0 saturated heterocycles. The van der Waals surface area contributed by atoms with E-state index in [0.29, 0.717) is 0 Å². The molecule has 0 aromatic heterocycles. The number of hydrogen-bond donors (Lipinski definition) is 1. The number of nitrogens with two attached hydrogens (primary N) is 1. The van der Waals surface area contributed by atoms with Crippen molar-refractivity contribution in [3.63, 3.8) is 0 Å². The van der Waals surface area contributed by atoms with Crippen molar-refractivity contribution in [2.24, 2.45) is 5.73 Å². The van der Waals surface area contributed by atoms with Gasteiger partial charge in [0.25, 0.3) is 0 Å². The zero-order valence-corrected chi connectivity index (χ0v) is 10.2. The topological polar surface area (TPSA) is 29.3 Å². The van der Waals surface area contributed by atoms with Crippen molar-refractivity contribution in [1.82, 2.24) is 0 Å². The molecular formula is C14H22N2. The summed E-state index contributed by atoms with van der Waals surface area (Å²) in [6, 6.07) is 10.7. The quantitative estimate of drug-likeness (QED) is 0.795. The van der Waals surface area contributed by atoms with Gasteiger partial charge in [0.15, 0.2) is 0 Å². The fourth-order valence-corrected chi connectivity index (χ4v) is 2.29. The van der Waals surface area contributed by atoms with Crippen molar-refractivity contribution in [3.8, 4) is 0 Å². The van der Waals surface area contributed by atoms with Crippen molar-refractivity contribution in [2.45, 2.75) is 38.1 Å². The Morgan fingerprint density at radius 3 is 2.44 bits per heavy atom. The Morgan fingerprint density at radius 2 is 1.94 bits per heavy atom. The Hall–Kier alpha value is -1.02. The predicted molar refractivity (Wildman–Crippen MR) is 69.7 cm³/mol. The summed E-state index contributed by atoms with van der Waals surface area (Å²) in [5.41, 5.74) is 7.54. The molecule has 1 aromatic carbocycles. The van der Waals surface area contributed by atoms with Gasteiger partial charge < -0.3 is 10.6 Å². The third-order valence-electron chi connectivity index (χ3n) is 3.58. The lowest BCUT2D eigenvalue weighted by molar-refractivity contribution is 0.572. The Kier molecular flexibility index (Phi) is 3.49.